The number of unbranched alkanes of at least 4 members (excludes halogenated alkanes) is 1. The molecule has 2 aliphatic heterocycles. The number of nitrogens with zero attached hydrogens (tertiary/aromatic N) is 3. The number of likely N-dealkylation sites (N-methyl/N-ethyl adjacent to an activating group) is 1. The fourth-order valence-electron chi connectivity index (χ4n) is 5.14. The molecule has 0 aromatic rings. The maximum Gasteiger partial charge on any atom is 0.241 e. The third kappa shape index (κ3) is 5.49. The number of rotatable bonds is 11. The van der Waals surface area contributed by atoms with E-state index in [1.807, 2.05) is 16.8 Å². The lowest BCUT2D eigenvalue weighted by atomic mass is 9.92. The van der Waals surface area contributed by atoms with E-state index in [1.54, 1.807) is 0 Å². The number of nitrogens with one attached hydrogen (secondary N) is 2. The van der Waals surface area contributed by atoms with Crippen molar-refractivity contribution >= 4 is 29.5 Å². The lowest BCUT2D eigenvalue weighted by molar-refractivity contribution is -0.145. The predicted molar refractivity (Wildman–Crippen MR) is 126 cm³/mol. The van der Waals surface area contributed by atoms with Gasteiger partial charge in [0.25, 0.3) is 0 Å². The second kappa shape index (κ2) is 10.7. The number of guanidine groups is 1. The van der Waals surface area contributed by atoms with Crippen LogP contribution in [-0.4, -0.2) is 95.7 Å². The number of hydrogen-bond donors (Lipinski definition) is 5. The van der Waals surface area contributed by atoms with Crippen LogP contribution in [0.3, 0.4) is 0 Å². The molecule has 0 aromatic heterocycles. The van der Waals surface area contributed by atoms with E-state index in [2.05, 4.69) is 22.5 Å². The first-order valence-corrected chi connectivity index (χ1v) is 12.1. The van der Waals surface area contributed by atoms with Crippen molar-refractivity contribution in [2.24, 2.45) is 22.2 Å². The van der Waals surface area contributed by atoms with Gasteiger partial charge in [-0.15, -0.1) is 0 Å². The molecule has 0 spiro atoms. The molecular weight excluding hydrogens is 440 g/mol. The Balaban J connectivity index is 1.77. The highest BCUT2D eigenvalue weighted by Gasteiger charge is 2.60. The summed E-state index contributed by atoms with van der Waals surface area (Å²) < 4.78 is 0. The quantitative estimate of drug-likeness (QED) is 0.125. The molecule has 1 aliphatic carbocycles. The molecule has 4 atom stereocenters. The van der Waals surface area contributed by atoms with Crippen molar-refractivity contribution < 1.29 is 19.2 Å². The topological polar surface area (TPSA) is 189 Å². The summed E-state index contributed by atoms with van der Waals surface area (Å²) in [6.45, 7) is 2.99. The van der Waals surface area contributed by atoms with Crippen LogP contribution in [0.4, 0.5) is 0 Å². The molecule has 0 aromatic carbocycles. The highest BCUT2D eigenvalue weighted by molar-refractivity contribution is 6.00. The van der Waals surface area contributed by atoms with E-state index in [-0.39, 0.29) is 36.1 Å². The van der Waals surface area contributed by atoms with Crippen LogP contribution in [0.5, 0.6) is 0 Å². The molecule has 0 bridgehead atoms. The molecular formula is C22H38N8O4. The van der Waals surface area contributed by atoms with Crippen LogP contribution in [0.25, 0.3) is 0 Å². The van der Waals surface area contributed by atoms with Crippen molar-refractivity contribution in [1.82, 2.24) is 20.4 Å². The molecule has 2 saturated heterocycles. The SMILES string of the molecule is CCCC[C@H]1C(=O)N[C@@H](C(=O)C2(N3C[C@H](C(N)=O)NC(=O)[C@@H]3CCCN=C(N)N)CC2)CN1C. The Morgan fingerprint density at radius 2 is 1.62 bits per heavy atom. The van der Waals surface area contributed by atoms with Crippen LogP contribution >= 0.6 is 0 Å². The van der Waals surface area contributed by atoms with Gasteiger partial charge in [-0.1, -0.05) is 19.8 Å². The zero-order valence-electron chi connectivity index (χ0n) is 20.1. The number of aliphatic imine (C=N–C) groups is 1. The average molecular weight is 479 g/mol. The van der Waals surface area contributed by atoms with Gasteiger partial charge >= 0.3 is 0 Å². The summed E-state index contributed by atoms with van der Waals surface area (Å²) in [4.78, 5) is 59.1. The summed E-state index contributed by atoms with van der Waals surface area (Å²) in [5.41, 5.74) is 15.4. The zero-order chi connectivity index (χ0) is 25.0. The minimum Gasteiger partial charge on any atom is -0.370 e. The van der Waals surface area contributed by atoms with Gasteiger partial charge in [0.2, 0.25) is 17.7 Å². The maximum absolute atomic E-state index is 13.8. The standard InChI is InChI=1S/C22H38N8O4/c1-3-4-6-15-19(33)27-13(11-29(15)2)17(31)22(8-9-22)30-12-14(18(23)32)28-20(34)16(30)7-5-10-26-21(24)25/h13-16H,3-12H2,1-2H3,(H2,23,32)(H,27,33)(H,28,34)(H4,24,25,26)/t13-,14-,15+,16+/m1/s1. The van der Waals surface area contributed by atoms with Gasteiger partial charge in [-0.05, 0) is 39.2 Å². The first-order chi connectivity index (χ1) is 16.1. The molecule has 3 fully saturated rings. The van der Waals surface area contributed by atoms with Crippen LogP contribution in [-0.2, 0) is 19.2 Å². The summed E-state index contributed by atoms with van der Waals surface area (Å²) >= 11 is 0. The van der Waals surface area contributed by atoms with Crippen molar-refractivity contribution in [1.29, 1.82) is 0 Å². The van der Waals surface area contributed by atoms with Gasteiger partial charge in [0, 0.05) is 19.6 Å². The van der Waals surface area contributed by atoms with Crippen molar-refractivity contribution in [3.63, 3.8) is 0 Å². The van der Waals surface area contributed by atoms with Crippen LogP contribution in [0.1, 0.15) is 51.9 Å². The van der Waals surface area contributed by atoms with Crippen molar-refractivity contribution in [3.05, 3.63) is 0 Å². The Morgan fingerprint density at radius 1 is 1.00 bits per heavy atom. The van der Waals surface area contributed by atoms with Gasteiger partial charge < -0.3 is 27.8 Å². The number of hydrogen-bond acceptors (Lipinski definition) is 7. The Hall–Kier alpha value is -2.73. The van der Waals surface area contributed by atoms with Gasteiger partial charge in [0.1, 0.15) is 12.1 Å². The number of amides is 3. The third-order valence-electron chi connectivity index (χ3n) is 7.15. The van der Waals surface area contributed by atoms with E-state index in [1.165, 1.54) is 0 Å². The summed E-state index contributed by atoms with van der Waals surface area (Å²) in [5.74, 6) is -1.28. The van der Waals surface area contributed by atoms with Gasteiger partial charge in [0.05, 0.1) is 17.6 Å². The number of Topliss-reactive ketones (excluding diaryl/α,β-unsaturated/α-hetero) is 1. The van der Waals surface area contributed by atoms with Crippen molar-refractivity contribution in [2.45, 2.75) is 81.6 Å². The van der Waals surface area contributed by atoms with Gasteiger partial charge in [-0.2, -0.15) is 0 Å². The molecule has 12 nitrogen and oxygen atoms in total. The molecule has 12 heteroatoms. The van der Waals surface area contributed by atoms with Gasteiger partial charge in [-0.3, -0.25) is 34.0 Å². The minimum atomic E-state index is -0.901. The highest BCUT2D eigenvalue weighted by atomic mass is 16.2. The Bertz CT molecular complexity index is 839. The van der Waals surface area contributed by atoms with Crippen molar-refractivity contribution in [3.8, 4) is 0 Å². The number of primary amides is 1. The number of carbonyl (C=O) groups excluding carboxylic acids is 4. The molecule has 3 aliphatic rings. The molecule has 190 valence electrons. The second-order valence-corrected chi connectivity index (χ2v) is 9.64. The summed E-state index contributed by atoms with van der Waals surface area (Å²) in [7, 11) is 1.86. The van der Waals surface area contributed by atoms with E-state index in [0.29, 0.717) is 38.8 Å². The van der Waals surface area contributed by atoms with E-state index in [0.717, 1.165) is 19.3 Å². The largest absolute Gasteiger partial charge is 0.370 e. The highest BCUT2D eigenvalue weighted by Crippen LogP contribution is 2.46. The van der Waals surface area contributed by atoms with Crippen LogP contribution in [0.15, 0.2) is 4.99 Å². The molecule has 3 rings (SSSR count). The Kier molecular flexibility index (Phi) is 8.13. The fourth-order valence-corrected chi connectivity index (χ4v) is 5.14. The third-order valence-corrected chi connectivity index (χ3v) is 7.15. The van der Waals surface area contributed by atoms with E-state index in [4.69, 9.17) is 17.2 Å². The van der Waals surface area contributed by atoms with Crippen LogP contribution < -0.4 is 27.8 Å². The first-order valence-electron chi connectivity index (χ1n) is 12.1. The van der Waals surface area contributed by atoms with Gasteiger partial charge in [0.15, 0.2) is 11.7 Å². The van der Waals surface area contributed by atoms with Crippen LogP contribution in [0, 0.1) is 0 Å². The van der Waals surface area contributed by atoms with Crippen LogP contribution in [0.2, 0.25) is 0 Å². The molecule has 3 amide bonds. The van der Waals surface area contributed by atoms with E-state index >= 15 is 0 Å². The lowest BCUT2D eigenvalue weighted by Gasteiger charge is -2.45. The fraction of sp³-hybridized carbons (Fsp3) is 0.773. The van der Waals surface area contributed by atoms with E-state index in [9.17, 15) is 19.2 Å². The van der Waals surface area contributed by atoms with Gasteiger partial charge in [-0.25, -0.2) is 0 Å². The Morgan fingerprint density at radius 3 is 2.18 bits per heavy atom. The number of carbonyl (C=O) groups is 4. The predicted octanol–water partition coefficient (Wildman–Crippen LogP) is -2.21. The Labute approximate surface area is 200 Å². The second-order valence-electron chi connectivity index (χ2n) is 9.64. The number of piperazine rings is 2. The molecule has 34 heavy (non-hydrogen) atoms. The molecule has 8 N–H and O–H groups in total. The molecule has 0 radical (unpaired) electrons. The summed E-state index contributed by atoms with van der Waals surface area (Å²) in [6.07, 6.45) is 4.73. The lowest BCUT2D eigenvalue weighted by Crippen LogP contribution is -2.70. The number of ketones is 1. The minimum absolute atomic E-state index is 0.0259. The smallest absolute Gasteiger partial charge is 0.241 e. The average Bonchev–Trinajstić information content (AvgIpc) is 3.57. The molecule has 0 unspecified atom stereocenters. The molecule has 1 saturated carbocycles. The monoisotopic (exact) mass is 478 g/mol. The van der Waals surface area contributed by atoms with E-state index < -0.39 is 29.6 Å². The zero-order valence-corrected chi connectivity index (χ0v) is 20.1. The summed E-state index contributed by atoms with van der Waals surface area (Å²) in [6, 6.07) is -2.42. The number of nitrogens with two attached hydrogens (primary N) is 3. The molecule has 2 heterocycles. The van der Waals surface area contributed by atoms with Crippen molar-refractivity contribution in [2.75, 3.05) is 26.7 Å². The maximum atomic E-state index is 13.8. The summed E-state index contributed by atoms with van der Waals surface area (Å²) in [5, 5.41) is 5.59. The first kappa shape index (κ1) is 25.9. The normalized spacial score (nSPS) is 29.1.